The monoisotopic (exact) mass is 284 g/mol. The summed E-state index contributed by atoms with van der Waals surface area (Å²) in [5, 5.41) is 0. The topological polar surface area (TPSA) is 18.5 Å². The standard InChI is InChI=1S/2C3H7O.2ClH.2Ti/c2*1-2-3-4;;;;/h2*2-3H2,1H3;2*1H;;/q2*-1;;;;+4/p-2. The van der Waals surface area contributed by atoms with E-state index in [-0.39, 0.29) is 21.7 Å². The van der Waals surface area contributed by atoms with Gasteiger partial charge < -0.3 is 0 Å². The predicted molar refractivity (Wildman–Crippen MR) is 44.2 cm³/mol. The average molecular weight is 285 g/mol. The Hall–Kier alpha value is 1.93. The van der Waals surface area contributed by atoms with Crippen LogP contribution in [0.15, 0.2) is 0 Å². The first-order valence-corrected chi connectivity index (χ1v) is 9.35. The van der Waals surface area contributed by atoms with Crippen molar-refractivity contribution in [2.24, 2.45) is 0 Å². The van der Waals surface area contributed by atoms with Crippen molar-refractivity contribution in [2.75, 3.05) is 13.2 Å². The molecular formula is C6H14Cl2O2Ti2. The molecule has 0 fully saturated rings. The van der Waals surface area contributed by atoms with Crippen molar-refractivity contribution in [2.45, 2.75) is 26.7 Å². The second-order valence-corrected chi connectivity index (χ2v) is 9.41. The molecule has 0 aromatic carbocycles. The van der Waals surface area contributed by atoms with Crippen molar-refractivity contribution in [3.8, 4) is 0 Å². The molecule has 0 aliphatic carbocycles. The van der Waals surface area contributed by atoms with Crippen LogP contribution in [0.3, 0.4) is 0 Å². The Morgan fingerprint density at radius 3 is 1.58 bits per heavy atom. The molecule has 0 heterocycles. The fourth-order valence-corrected chi connectivity index (χ4v) is 3.27. The maximum absolute atomic E-state index is 5.80. The van der Waals surface area contributed by atoms with Crippen LogP contribution in [0, 0.1) is 0 Å². The normalized spacial score (nSPS) is 11.0. The Morgan fingerprint density at radius 1 is 1.00 bits per heavy atom. The van der Waals surface area contributed by atoms with E-state index in [1.165, 1.54) is 0 Å². The molecule has 0 aliphatic heterocycles. The Bertz CT molecular complexity index is 93.5. The van der Waals surface area contributed by atoms with E-state index in [0.717, 1.165) is 12.8 Å². The Labute approximate surface area is 101 Å². The quantitative estimate of drug-likeness (QED) is 0.698. The summed E-state index contributed by atoms with van der Waals surface area (Å²) >= 11 is -3.27. The van der Waals surface area contributed by atoms with Crippen LogP contribution in [-0.4, -0.2) is 13.2 Å². The summed E-state index contributed by atoms with van der Waals surface area (Å²) in [6.45, 7) is 5.20. The molecule has 0 unspecified atom stereocenters. The van der Waals surface area contributed by atoms with Gasteiger partial charge >= 0.3 is 80.4 Å². The smallest absolute Gasteiger partial charge is 0 e. The van der Waals surface area contributed by atoms with Gasteiger partial charge in [0.1, 0.15) is 0 Å². The van der Waals surface area contributed by atoms with Crippen molar-refractivity contribution in [1.82, 2.24) is 0 Å². The van der Waals surface area contributed by atoms with Crippen molar-refractivity contribution in [3.05, 3.63) is 0 Å². The van der Waals surface area contributed by atoms with Crippen LogP contribution in [0.1, 0.15) is 26.7 Å². The van der Waals surface area contributed by atoms with Gasteiger partial charge in [0, 0.05) is 21.7 Å². The first-order chi connectivity index (χ1) is 5.12. The summed E-state index contributed by atoms with van der Waals surface area (Å²) in [5.74, 6) is 0. The zero-order valence-corrected chi connectivity index (χ0v) is 12.0. The van der Waals surface area contributed by atoms with Crippen molar-refractivity contribution >= 4 is 18.6 Å². The van der Waals surface area contributed by atoms with Gasteiger partial charge in [-0.25, -0.2) is 0 Å². The van der Waals surface area contributed by atoms with Gasteiger partial charge in [-0.3, -0.25) is 0 Å². The van der Waals surface area contributed by atoms with E-state index in [2.05, 4.69) is 0 Å². The van der Waals surface area contributed by atoms with E-state index in [4.69, 9.17) is 25.2 Å². The van der Waals surface area contributed by atoms with Gasteiger partial charge in [0.15, 0.2) is 0 Å². The van der Waals surface area contributed by atoms with Crippen molar-refractivity contribution in [3.63, 3.8) is 0 Å². The summed E-state index contributed by atoms with van der Waals surface area (Å²) in [4.78, 5) is 0. The van der Waals surface area contributed by atoms with Crippen LogP contribution in [0.2, 0.25) is 0 Å². The molecule has 0 saturated heterocycles. The van der Waals surface area contributed by atoms with E-state index < -0.39 is 15.2 Å². The molecule has 6 heteroatoms. The molecule has 0 aliphatic rings. The first-order valence-electron chi connectivity index (χ1n) is 3.78. The number of hydrogen-bond donors (Lipinski definition) is 0. The zero-order chi connectivity index (χ0) is 8.74. The third-order valence-corrected chi connectivity index (χ3v) is 4.43. The summed E-state index contributed by atoms with van der Waals surface area (Å²) in [7, 11) is 11.6. The number of rotatable bonds is 6. The van der Waals surface area contributed by atoms with E-state index in [1.54, 1.807) is 0 Å². The second-order valence-electron chi connectivity index (χ2n) is 2.16. The maximum Gasteiger partial charge on any atom is 0 e. The third kappa shape index (κ3) is 10.0. The van der Waals surface area contributed by atoms with Gasteiger partial charge in [-0.2, -0.15) is 0 Å². The molecule has 0 N–H and O–H groups in total. The molecule has 0 radical (unpaired) electrons. The molecule has 0 atom stereocenters. The van der Waals surface area contributed by atoms with Gasteiger partial charge in [-0.1, -0.05) is 0 Å². The fourth-order valence-electron chi connectivity index (χ4n) is 0.483. The minimum Gasteiger partial charge on any atom is 0 e. The Kier molecular flexibility index (Phi) is 12.9. The van der Waals surface area contributed by atoms with E-state index in [1.807, 2.05) is 13.8 Å². The van der Waals surface area contributed by atoms with Crippen LogP contribution in [0.5, 0.6) is 0 Å². The van der Waals surface area contributed by atoms with Gasteiger partial charge in [0.2, 0.25) is 0 Å². The van der Waals surface area contributed by atoms with Gasteiger partial charge in [-0.05, 0) is 0 Å². The molecule has 2 nitrogen and oxygen atoms in total. The van der Waals surface area contributed by atoms with E-state index >= 15 is 0 Å². The Morgan fingerprint density at radius 2 is 1.33 bits per heavy atom. The van der Waals surface area contributed by atoms with Crippen LogP contribution >= 0.6 is 18.6 Å². The minimum atomic E-state index is -3.27. The predicted octanol–water partition coefficient (Wildman–Crippen LogP) is 3.13. The fraction of sp³-hybridized carbons (Fsp3) is 1.00. The third-order valence-electron chi connectivity index (χ3n) is 0.948. The van der Waals surface area contributed by atoms with Gasteiger partial charge in [0.05, 0.1) is 0 Å². The molecule has 0 aromatic rings. The molecule has 0 aromatic heterocycles. The molecule has 0 saturated carbocycles. The molecule has 0 amide bonds. The minimum absolute atomic E-state index is 0. The van der Waals surface area contributed by atoms with E-state index in [9.17, 15) is 0 Å². The summed E-state index contributed by atoms with van der Waals surface area (Å²) in [6, 6.07) is 0. The van der Waals surface area contributed by atoms with Crippen LogP contribution < -0.4 is 0 Å². The van der Waals surface area contributed by atoms with Crippen molar-refractivity contribution < 1.29 is 43.6 Å². The molecule has 0 spiro atoms. The number of hydrogen-bond acceptors (Lipinski definition) is 2. The molecule has 72 valence electrons. The van der Waals surface area contributed by atoms with Crippen LogP contribution in [0.25, 0.3) is 0 Å². The molecule has 12 heavy (non-hydrogen) atoms. The maximum atomic E-state index is 5.80. The largest absolute Gasteiger partial charge is 0 e. The first kappa shape index (κ1) is 16.4. The summed E-state index contributed by atoms with van der Waals surface area (Å²) in [6.07, 6.45) is 1.84. The molecular weight excluding hydrogens is 271 g/mol. The Balaban J connectivity index is 0. The number of halogens is 2. The van der Waals surface area contributed by atoms with Crippen molar-refractivity contribution in [1.29, 1.82) is 0 Å². The average Bonchev–Trinajstić information content (AvgIpc) is 1.97. The summed E-state index contributed by atoms with van der Waals surface area (Å²) in [5.41, 5.74) is 0. The summed E-state index contributed by atoms with van der Waals surface area (Å²) < 4.78 is 10.4. The molecule has 0 bridgehead atoms. The van der Waals surface area contributed by atoms with Crippen LogP contribution in [0.4, 0.5) is 0 Å². The van der Waals surface area contributed by atoms with Crippen LogP contribution in [-0.2, 0) is 43.6 Å². The SMILES string of the molecule is CCC[O][Ti]([Cl])([Cl])[O]CCC.[Ti]. The zero-order valence-electron chi connectivity index (χ0n) is 7.40. The van der Waals surface area contributed by atoms with E-state index in [0.29, 0.717) is 13.2 Å². The van der Waals surface area contributed by atoms with Gasteiger partial charge in [0.25, 0.3) is 0 Å². The molecule has 0 rings (SSSR count). The second kappa shape index (κ2) is 9.48. The van der Waals surface area contributed by atoms with Gasteiger partial charge in [-0.15, -0.1) is 0 Å².